The van der Waals surface area contributed by atoms with Gasteiger partial charge < -0.3 is 4.74 Å². The molecule has 2 rings (SSSR count). The van der Waals surface area contributed by atoms with Crippen molar-refractivity contribution in [3.63, 3.8) is 0 Å². The van der Waals surface area contributed by atoms with E-state index >= 15 is 0 Å². The standard InChI is InChI=1S/C11H9F3O2/c12-11(13,14)10(7-6-9(15)16-10)8-4-2-1-3-5-8/h1-5H,6-7H2. The average molecular weight is 230 g/mol. The highest BCUT2D eigenvalue weighted by Gasteiger charge is 2.61. The maximum Gasteiger partial charge on any atom is 0.432 e. The molecule has 2 nitrogen and oxygen atoms in total. The highest BCUT2D eigenvalue weighted by Crippen LogP contribution is 2.48. The Morgan fingerprint density at radius 1 is 1.19 bits per heavy atom. The fourth-order valence-electron chi connectivity index (χ4n) is 1.85. The Hall–Kier alpha value is -1.52. The first-order chi connectivity index (χ1) is 7.46. The molecule has 0 spiro atoms. The molecule has 1 atom stereocenters. The summed E-state index contributed by atoms with van der Waals surface area (Å²) in [5, 5.41) is 0. The largest absolute Gasteiger partial charge is 0.444 e. The van der Waals surface area contributed by atoms with Crippen molar-refractivity contribution in [2.75, 3.05) is 0 Å². The smallest absolute Gasteiger partial charge is 0.432 e. The first-order valence-electron chi connectivity index (χ1n) is 4.80. The molecule has 1 heterocycles. The Morgan fingerprint density at radius 3 is 2.25 bits per heavy atom. The van der Waals surface area contributed by atoms with E-state index < -0.39 is 17.7 Å². The molecule has 0 radical (unpaired) electrons. The fraction of sp³-hybridized carbons (Fsp3) is 0.364. The molecule has 1 saturated heterocycles. The lowest BCUT2D eigenvalue weighted by atomic mass is 9.90. The zero-order valence-corrected chi connectivity index (χ0v) is 8.25. The van der Waals surface area contributed by atoms with Crippen molar-refractivity contribution in [2.24, 2.45) is 0 Å². The number of benzene rings is 1. The first-order valence-corrected chi connectivity index (χ1v) is 4.80. The zero-order valence-electron chi connectivity index (χ0n) is 8.25. The molecular formula is C11H9F3O2. The van der Waals surface area contributed by atoms with Gasteiger partial charge in [-0.15, -0.1) is 0 Å². The molecule has 1 unspecified atom stereocenters. The predicted octanol–water partition coefficient (Wildman–Crippen LogP) is 2.78. The number of rotatable bonds is 1. The summed E-state index contributed by atoms with van der Waals surface area (Å²) in [6.07, 6.45) is -5.13. The number of cyclic esters (lactones) is 1. The van der Waals surface area contributed by atoms with Crippen LogP contribution in [0.1, 0.15) is 18.4 Å². The van der Waals surface area contributed by atoms with E-state index in [4.69, 9.17) is 0 Å². The summed E-state index contributed by atoms with van der Waals surface area (Å²) in [7, 11) is 0. The van der Waals surface area contributed by atoms with E-state index in [0.29, 0.717) is 0 Å². The van der Waals surface area contributed by atoms with Crippen molar-refractivity contribution < 1.29 is 22.7 Å². The van der Waals surface area contributed by atoms with Gasteiger partial charge in [0.25, 0.3) is 0 Å². The molecule has 1 aliphatic heterocycles. The van der Waals surface area contributed by atoms with Gasteiger partial charge in [0.05, 0.1) is 6.42 Å². The quantitative estimate of drug-likeness (QED) is 0.693. The maximum absolute atomic E-state index is 13.0. The molecule has 16 heavy (non-hydrogen) atoms. The Balaban J connectivity index is 2.49. The van der Waals surface area contributed by atoms with Gasteiger partial charge in [-0.1, -0.05) is 30.3 Å². The Morgan fingerprint density at radius 2 is 1.81 bits per heavy atom. The van der Waals surface area contributed by atoms with Gasteiger partial charge in [0, 0.05) is 12.0 Å². The van der Waals surface area contributed by atoms with Crippen LogP contribution in [0.25, 0.3) is 0 Å². The normalized spacial score (nSPS) is 25.6. The van der Waals surface area contributed by atoms with Crippen molar-refractivity contribution >= 4 is 5.97 Å². The molecule has 1 aliphatic rings. The van der Waals surface area contributed by atoms with E-state index in [2.05, 4.69) is 4.74 Å². The van der Waals surface area contributed by atoms with Crippen LogP contribution >= 0.6 is 0 Å². The van der Waals surface area contributed by atoms with Gasteiger partial charge in [-0.25, -0.2) is 0 Å². The van der Waals surface area contributed by atoms with Crippen molar-refractivity contribution in [3.8, 4) is 0 Å². The van der Waals surface area contributed by atoms with E-state index in [0.717, 1.165) is 0 Å². The van der Waals surface area contributed by atoms with Gasteiger partial charge in [-0.05, 0) is 0 Å². The predicted molar refractivity (Wildman–Crippen MR) is 49.5 cm³/mol. The molecule has 0 aromatic heterocycles. The lowest BCUT2D eigenvalue weighted by Gasteiger charge is -2.30. The third kappa shape index (κ3) is 1.56. The Bertz CT molecular complexity index is 399. The summed E-state index contributed by atoms with van der Waals surface area (Å²) in [4.78, 5) is 11.0. The highest BCUT2D eigenvalue weighted by atomic mass is 19.4. The van der Waals surface area contributed by atoms with Gasteiger partial charge in [0.2, 0.25) is 5.60 Å². The first kappa shape index (κ1) is 11.0. The number of halogens is 3. The SMILES string of the molecule is O=C1CCC(c2ccccc2)(C(F)(F)F)O1. The van der Waals surface area contributed by atoms with E-state index in [1.165, 1.54) is 24.3 Å². The second-order valence-electron chi connectivity index (χ2n) is 3.66. The molecule has 5 heteroatoms. The minimum Gasteiger partial charge on any atom is -0.444 e. The fourth-order valence-corrected chi connectivity index (χ4v) is 1.85. The molecule has 1 aromatic rings. The number of carbonyl (C=O) groups excluding carboxylic acids is 1. The number of ether oxygens (including phenoxy) is 1. The molecule has 1 fully saturated rings. The molecule has 0 bridgehead atoms. The van der Waals surface area contributed by atoms with Crippen LogP contribution in [0.5, 0.6) is 0 Å². The topological polar surface area (TPSA) is 26.3 Å². The van der Waals surface area contributed by atoms with Crippen LogP contribution in [0.3, 0.4) is 0 Å². The maximum atomic E-state index is 13.0. The van der Waals surface area contributed by atoms with Gasteiger partial charge in [0.15, 0.2) is 0 Å². The van der Waals surface area contributed by atoms with Crippen LogP contribution in [0, 0.1) is 0 Å². The molecule has 86 valence electrons. The lowest BCUT2D eigenvalue weighted by molar-refractivity contribution is -0.264. The molecule has 0 saturated carbocycles. The van der Waals surface area contributed by atoms with Gasteiger partial charge in [-0.2, -0.15) is 13.2 Å². The number of hydrogen-bond acceptors (Lipinski definition) is 2. The Kier molecular flexibility index (Phi) is 2.40. The van der Waals surface area contributed by atoms with Gasteiger partial charge in [-0.3, -0.25) is 4.79 Å². The third-order valence-corrected chi connectivity index (χ3v) is 2.67. The van der Waals surface area contributed by atoms with Crippen LogP contribution in [-0.2, 0) is 15.1 Å². The third-order valence-electron chi connectivity index (χ3n) is 2.67. The lowest BCUT2D eigenvalue weighted by Crippen LogP contribution is -2.42. The van der Waals surface area contributed by atoms with E-state index in [1.54, 1.807) is 6.07 Å². The van der Waals surface area contributed by atoms with Crippen molar-refractivity contribution in [2.45, 2.75) is 24.6 Å². The second-order valence-corrected chi connectivity index (χ2v) is 3.66. The molecular weight excluding hydrogens is 221 g/mol. The molecule has 0 amide bonds. The van der Waals surface area contributed by atoms with Crippen LogP contribution in [0.15, 0.2) is 30.3 Å². The molecule has 0 aliphatic carbocycles. The summed E-state index contributed by atoms with van der Waals surface area (Å²) in [5.74, 6) is -0.804. The summed E-state index contributed by atoms with van der Waals surface area (Å²) < 4.78 is 43.5. The van der Waals surface area contributed by atoms with Crippen LogP contribution in [0.2, 0.25) is 0 Å². The van der Waals surface area contributed by atoms with Gasteiger partial charge in [0.1, 0.15) is 0 Å². The van der Waals surface area contributed by atoms with Crippen LogP contribution in [0.4, 0.5) is 13.2 Å². The van der Waals surface area contributed by atoms with Crippen molar-refractivity contribution in [3.05, 3.63) is 35.9 Å². The highest BCUT2D eigenvalue weighted by molar-refractivity contribution is 5.73. The van der Waals surface area contributed by atoms with E-state index in [-0.39, 0.29) is 18.4 Å². The summed E-state index contributed by atoms with van der Waals surface area (Å²) in [6.45, 7) is 0. The second kappa shape index (κ2) is 3.50. The number of alkyl halides is 3. The van der Waals surface area contributed by atoms with Gasteiger partial charge >= 0.3 is 12.1 Å². The molecule has 0 N–H and O–H groups in total. The van der Waals surface area contributed by atoms with E-state index in [1.807, 2.05) is 0 Å². The number of carbonyl (C=O) groups is 1. The number of hydrogen-bond donors (Lipinski definition) is 0. The summed E-state index contributed by atoms with van der Waals surface area (Å²) in [5.41, 5.74) is -2.47. The van der Waals surface area contributed by atoms with Crippen molar-refractivity contribution in [1.82, 2.24) is 0 Å². The zero-order chi connectivity index (χ0) is 11.8. The summed E-state index contributed by atoms with van der Waals surface area (Å²) >= 11 is 0. The van der Waals surface area contributed by atoms with Crippen molar-refractivity contribution in [1.29, 1.82) is 0 Å². The summed E-state index contributed by atoms with van der Waals surface area (Å²) in [6, 6.07) is 7.26. The minimum absolute atomic E-state index is 0.0200. The molecule has 1 aromatic carbocycles. The van der Waals surface area contributed by atoms with Crippen LogP contribution < -0.4 is 0 Å². The minimum atomic E-state index is -4.58. The Labute approximate surface area is 90.0 Å². The monoisotopic (exact) mass is 230 g/mol. The van der Waals surface area contributed by atoms with E-state index in [9.17, 15) is 18.0 Å². The van der Waals surface area contributed by atoms with Crippen LogP contribution in [-0.4, -0.2) is 12.1 Å². The number of esters is 1. The average Bonchev–Trinajstić information content (AvgIpc) is 2.62.